The summed E-state index contributed by atoms with van der Waals surface area (Å²) in [7, 11) is -1.07. The SMILES string of the molecule is COc1ccc(COC(C)C(/C=C/[C@H](O)Cc2ccccc2)CO[Si](c2ccccc2)(c2ccccc2)C(C)(C)C)cc1. The first-order chi connectivity index (χ1) is 20.7. The fourth-order valence-electron chi connectivity index (χ4n) is 5.60. The van der Waals surface area contributed by atoms with Gasteiger partial charge in [-0.2, -0.15) is 0 Å². The van der Waals surface area contributed by atoms with Crippen LogP contribution in [0.5, 0.6) is 5.75 Å². The molecule has 0 aliphatic rings. The van der Waals surface area contributed by atoms with Crippen LogP contribution >= 0.6 is 0 Å². The van der Waals surface area contributed by atoms with Crippen LogP contribution in [0.4, 0.5) is 0 Å². The first-order valence-electron chi connectivity index (χ1n) is 15.1. The maximum absolute atomic E-state index is 10.9. The minimum atomic E-state index is -2.74. The van der Waals surface area contributed by atoms with E-state index in [-0.39, 0.29) is 17.1 Å². The molecule has 226 valence electrons. The standard InChI is InChI=1S/C38H46O4Si/c1-30(41-28-32-21-25-35(40-5)26-22-32)33(23-24-34(39)27-31-15-9-6-10-16-31)29-42-43(38(2,3)4,36-17-11-7-12-18-36)37-19-13-8-14-20-37/h6-26,30,33-34,39H,27-29H2,1-5H3/b24-23+/t30?,33?,34-/m0/s1. The van der Waals surface area contributed by atoms with Crippen molar-refractivity contribution >= 4 is 18.7 Å². The van der Waals surface area contributed by atoms with Gasteiger partial charge in [-0.05, 0) is 45.6 Å². The van der Waals surface area contributed by atoms with Gasteiger partial charge in [-0.15, -0.1) is 0 Å². The molecule has 0 bridgehead atoms. The third kappa shape index (κ3) is 8.55. The van der Waals surface area contributed by atoms with Crippen molar-refractivity contribution in [1.29, 1.82) is 0 Å². The smallest absolute Gasteiger partial charge is 0.261 e. The van der Waals surface area contributed by atoms with E-state index in [2.05, 4.69) is 94.4 Å². The molecule has 0 heterocycles. The van der Waals surface area contributed by atoms with Crippen LogP contribution in [0.1, 0.15) is 38.8 Å². The molecule has 0 fully saturated rings. The van der Waals surface area contributed by atoms with Crippen LogP contribution in [0.25, 0.3) is 0 Å². The monoisotopic (exact) mass is 594 g/mol. The number of hydrogen-bond acceptors (Lipinski definition) is 4. The number of hydrogen-bond donors (Lipinski definition) is 1. The molecule has 5 heteroatoms. The molecular formula is C38H46O4Si. The van der Waals surface area contributed by atoms with Gasteiger partial charge in [-0.1, -0.05) is 136 Å². The molecule has 4 aromatic rings. The molecule has 0 radical (unpaired) electrons. The molecule has 4 rings (SSSR count). The highest BCUT2D eigenvalue weighted by Crippen LogP contribution is 2.37. The van der Waals surface area contributed by atoms with E-state index in [0.29, 0.717) is 19.6 Å². The van der Waals surface area contributed by atoms with Crippen molar-refractivity contribution in [3.05, 3.63) is 139 Å². The zero-order valence-electron chi connectivity index (χ0n) is 26.1. The summed E-state index contributed by atoms with van der Waals surface area (Å²) in [6, 6.07) is 39.4. The molecule has 0 amide bonds. The quantitative estimate of drug-likeness (QED) is 0.127. The van der Waals surface area contributed by atoms with E-state index in [1.54, 1.807) is 7.11 Å². The highest BCUT2D eigenvalue weighted by atomic mass is 28.4. The number of ether oxygens (including phenoxy) is 2. The molecule has 3 atom stereocenters. The van der Waals surface area contributed by atoms with E-state index in [0.717, 1.165) is 16.9 Å². The number of rotatable bonds is 14. The van der Waals surface area contributed by atoms with E-state index in [1.165, 1.54) is 10.4 Å². The Hall–Kier alpha value is -3.48. The van der Waals surface area contributed by atoms with Crippen LogP contribution in [0, 0.1) is 5.92 Å². The summed E-state index contributed by atoms with van der Waals surface area (Å²) >= 11 is 0. The Kier molecular flexibility index (Phi) is 11.5. The zero-order valence-corrected chi connectivity index (χ0v) is 27.1. The molecule has 4 nitrogen and oxygen atoms in total. The topological polar surface area (TPSA) is 47.9 Å². The van der Waals surface area contributed by atoms with Crippen molar-refractivity contribution in [2.24, 2.45) is 5.92 Å². The Balaban J connectivity index is 1.62. The highest BCUT2D eigenvalue weighted by molar-refractivity contribution is 6.99. The lowest BCUT2D eigenvalue weighted by Crippen LogP contribution is -2.67. The Bertz CT molecular complexity index is 1340. The molecule has 0 aromatic heterocycles. The van der Waals surface area contributed by atoms with E-state index in [9.17, 15) is 5.11 Å². The fourth-order valence-corrected chi connectivity index (χ4v) is 10.2. The second-order valence-corrected chi connectivity index (χ2v) is 16.5. The predicted molar refractivity (Wildman–Crippen MR) is 180 cm³/mol. The van der Waals surface area contributed by atoms with Crippen molar-refractivity contribution < 1.29 is 19.0 Å². The lowest BCUT2D eigenvalue weighted by Gasteiger charge is -2.44. The summed E-state index contributed by atoms with van der Waals surface area (Å²) in [5.74, 6) is 0.744. The van der Waals surface area contributed by atoms with Gasteiger partial charge in [0, 0.05) is 18.9 Å². The normalized spacial score (nSPS) is 14.4. The molecule has 0 spiro atoms. The Morgan fingerprint density at radius 1 is 0.721 bits per heavy atom. The first-order valence-corrected chi connectivity index (χ1v) is 17.0. The largest absolute Gasteiger partial charge is 0.497 e. The van der Waals surface area contributed by atoms with E-state index in [1.807, 2.05) is 60.7 Å². The summed E-state index contributed by atoms with van der Waals surface area (Å²) in [5.41, 5.74) is 2.18. The fraction of sp³-hybridized carbons (Fsp3) is 0.316. The van der Waals surface area contributed by atoms with Gasteiger partial charge in [-0.25, -0.2) is 0 Å². The molecule has 43 heavy (non-hydrogen) atoms. The van der Waals surface area contributed by atoms with Gasteiger partial charge in [0.25, 0.3) is 8.32 Å². The maximum atomic E-state index is 10.9. The molecule has 0 aliphatic carbocycles. The third-order valence-corrected chi connectivity index (χ3v) is 13.1. The zero-order chi connectivity index (χ0) is 30.7. The number of aliphatic hydroxyl groups is 1. The summed E-state index contributed by atoms with van der Waals surface area (Å²) in [6.45, 7) is 9.90. The second-order valence-electron chi connectivity index (χ2n) is 12.1. The summed E-state index contributed by atoms with van der Waals surface area (Å²) in [6.07, 6.45) is 3.79. The lowest BCUT2D eigenvalue weighted by atomic mass is 10.0. The Labute approximate surface area is 259 Å². The summed E-state index contributed by atoms with van der Waals surface area (Å²) < 4.78 is 19.0. The van der Waals surface area contributed by atoms with Gasteiger partial charge in [0.2, 0.25) is 0 Å². The molecule has 0 aliphatic heterocycles. The second kappa shape index (κ2) is 15.3. The van der Waals surface area contributed by atoms with Crippen LogP contribution < -0.4 is 15.1 Å². The summed E-state index contributed by atoms with van der Waals surface area (Å²) in [5, 5.41) is 13.3. The van der Waals surface area contributed by atoms with Gasteiger partial charge in [0.1, 0.15) is 5.75 Å². The van der Waals surface area contributed by atoms with Gasteiger partial charge in [0.05, 0.1) is 25.9 Å². The number of benzene rings is 4. The van der Waals surface area contributed by atoms with Gasteiger partial charge >= 0.3 is 0 Å². The van der Waals surface area contributed by atoms with Crippen molar-refractivity contribution in [3.8, 4) is 5.75 Å². The Morgan fingerprint density at radius 2 is 1.26 bits per heavy atom. The average Bonchev–Trinajstić information content (AvgIpc) is 3.02. The van der Waals surface area contributed by atoms with Crippen molar-refractivity contribution in [1.82, 2.24) is 0 Å². The summed E-state index contributed by atoms with van der Waals surface area (Å²) in [4.78, 5) is 0. The van der Waals surface area contributed by atoms with Crippen LogP contribution in [0.2, 0.25) is 5.04 Å². The maximum Gasteiger partial charge on any atom is 0.261 e. The average molecular weight is 595 g/mol. The van der Waals surface area contributed by atoms with Crippen LogP contribution in [-0.4, -0.2) is 39.3 Å². The highest BCUT2D eigenvalue weighted by Gasteiger charge is 2.50. The number of methoxy groups -OCH3 is 1. The van der Waals surface area contributed by atoms with Crippen LogP contribution in [-0.2, 0) is 22.2 Å². The van der Waals surface area contributed by atoms with E-state index >= 15 is 0 Å². The van der Waals surface area contributed by atoms with Gasteiger partial charge < -0.3 is 19.0 Å². The third-order valence-electron chi connectivity index (χ3n) is 8.05. The Morgan fingerprint density at radius 3 is 1.77 bits per heavy atom. The molecule has 0 saturated heterocycles. The molecule has 0 saturated carbocycles. The minimum absolute atomic E-state index is 0.0784. The minimum Gasteiger partial charge on any atom is -0.497 e. The van der Waals surface area contributed by atoms with Crippen LogP contribution in [0.3, 0.4) is 0 Å². The molecular weight excluding hydrogens is 549 g/mol. The van der Waals surface area contributed by atoms with Crippen LogP contribution in [0.15, 0.2) is 127 Å². The van der Waals surface area contributed by atoms with Crippen molar-refractivity contribution in [2.45, 2.75) is 58.0 Å². The first kappa shape index (κ1) is 32.4. The van der Waals surface area contributed by atoms with Gasteiger partial charge in [-0.3, -0.25) is 0 Å². The molecule has 4 aromatic carbocycles. The number of aliphatic hydroxyl groups excluding tert-OH is 1. The lowest BCUT2D eigenvalue weighted by molar-refractivity contribution is 0.0124. The molecule has 2 unspecified atom stereocenters. The molecule has 1 N–H and O–H groups in total. The van der Waals surface area contributed by atoms with Gasteiger partial charge in [0.15, 0.2) is 0 Å². The predicted octanol–water partition coefficient (Wildman–Crippen LogP) is 6.95. The van der Waals surface area contributed by atoms with E-state index < -0.39 is 14.4 Å². The van der Waals surface area contributed by atoms with Crippen molar-refractivity contribution in [3.63, 3.8) is 0 Å². The van der Waals surface area contributed by atoms with Crippen molar-refractivity contribution in [2.75, 3.05) is 13.7 Å². The van der Waals surface area contributed by atoms with E-state index in [4.69, 9.17) is 13.9 Å².